The molecule has 0 aliphatic rings. The van der Waals surface area contributed by atoms with Gasteiger partial charge in [0.05, 0.1) is 19.6 Å². The molecule has 1 rings (SSSR count). The van der Waals surface area contributed by atoms with E-state index in [1.807, 2.05) is 12.1 Å². The SMILES string of the molecule is C=C(C)C(=O)OCCCCCCCOC(=O)Cc1ccc(N)cc1. The molecular formula is C19H27NO4. The van der Waals surface area contributed by atoms with Gasteiger partial charge >= 0.3 is 11.9 Å². The molecule has 0 heterocycles. The van der Waals surface area contributed by atoms with Crippen LogP contribution in [0.3, 0.4) is 0 Å². The number of carbonyl (C=O) groups excluding carboxylic acids is 2. The molecule has 0 aromatic heterocycles. The fourth-order valence-electron chi connectivity index (χ4n) is 2.06. The number of anilines is 1. The maximum absolute atomic E-state index is 11.7. The van der Waals surface area contributed by atoms with Gasteiger partial charge in [-0.2, -0.15) is 0 Å². The van der Waals surface area contributed by atoms with Crippen LogP contribution in [0.2, 0.25) is 0 Å². The smallest absolute Gasteiger partial charge is 0.333 e. The lowest BCUT2D eigenvalue weighted by Crippen LogP contribution is -2.09. The molecule has 0 unspecified atom stereocenters. The summed E-state index contributed by atoms with van der Waals surface area (Å²) in [5, 5.41) is 0. The summed E-state index contributed by atoms with van der Waals surface area (Å²) in [6.07, 6.45) is 4.97. The normalized spacial score (nSPS) is 10.2. The van der Waals surface area contributed by atoms with E-state index < -0.39 is 0 Å². The monoisotopic (exact) mass is 333 g/mol. The first-order chi connectivity index (χ1) is 11.5. The van der Waals surface area contributed by atoms with Gasteiger partial charge in [-0.3, -0.25) is 4.79 Å². The molecule has 0 spiro atoms. The molecule has 0 saturated carbocycles. The van der Waals surface area contributed by atoms with E-state index in [0.29, 0.717) is 24.5 Å². The van der Waals surface area contributed by atoms with Crippen molar-refractivity contribution in [3.05, 3.63) is 42.0 Å². The molecule has 5 nitrogen and oxygen atoms in total. The average molecular weight is 333 g/mol. The van der Waals surface area contributed by atoms with E-state index in [1.165, 1.54) is 0 Å². The average Bonchev–Trinajstić information content (AvgIpc) is 2.55. The van der Waals surface area contributed by atoms with Crippen LogP contribution in [0.5, 0.6) is 0 Å². The van der Waals surface area contributed by atoms with E-state index in [2.05, 4.69) is 6.58 Å². The van der Waals surface area contributed by atoms with Crippen molar-refractivity contribution in [3.63, 3.8) is 0 Å². The lowest BCUT2D eigenvalue weighted by Gasteiger charge is -2.06. The number of nitrogens with two attached hydrogens (primary N) is 1. The molecule has 0 fully saturated rings. The Hall–Kier alpha value is -2.30. The van der Waals surface area contributed by atoms with Crippen LogP contribution in [0.15, 0.2) is 36.4 Å². The molecule has 0 aliphatic carbocycles. The van der Waals surface area contributed by atoms with Crippen molar-refractivity contribution < 1.29 is 19.1 Å². The van der Waals surface area contributed by atoms with E-state index in [9.17, 15) is 9.59 Å². The van der Waals surface area contributed by atoms with Gasteiger partial charge in [-0.25, -0.2) is 4.79 Å². The summed E-state index contributed by atoms with van der Waals surface area (Å²) >= 11 is 0. The predicted octanol–water partition coefficient (Wildman–Crippen LogP) is 3.42. The molecule has 5 heteroatoms. The molecule has 0 radical (unpaired) electrons. The first kappa shape index (κ1) is 19.7. The highest BCUT2D eigenvalue weighted by molar-refractivity contribution is 5.86. The van der Waals surface area contributed by atoms with Crippen molar-refractivity contribution in [3.8, 4) is 0 Å². The summed E-state index contributed by atoms with van der Waals surface area (Å²) in [6, 6.07) is 7.21. The van der Waals surface area contributed by atoms with Crippen LogP contribution in [0, 0.1) is 0 Å². The number of nitrogen functional groups attached to an aromatic ring is 1. The molecule has 2 N–H and O–H groups in total. The lowest BCUT2D eigenvalue weighted by atomic mass is 10.1. The maximum atomic E-state index is 11.7. The minimum absolute atomic E-state index is 0.216. The molecule has 0 saturated heterocycles. The fraction of sp³-hybridized carbons (Fsp3) is 0.474. The highest BCUT2D eigenvalue weighted by Crippen LogP contribution is 2.08. The van der Waals surface area contributed by atoms with Gasteiger partial charge in [0.25, 0.3) is 0 Å². The van der Waals surface area contributed by atoms with Crippen LogP contribution in [0.1, 0.15) is 44.6 Å². The molecule has 0 bridgehead atoms. The standard InChI is InChI=1S/C19H27NO4/c1-15(2)19(22)24-13-7-5-3-4-6-12-23-18(21)14-16-8-10-17(20)11-9-16/h8-11H,1,3-7,12-14,20H2,2H3. The zero-order chi connectivity index (χ0) is 17.8. The Bertz CT molecular complexity index is 537. The van der Waals surface area contributed by atoms with Gasteiger partial charge in [0, 0.05) is 11.3 Å². The molecule has 0 atom stereocenters. The van der Waals surface area contributed by atoms with Gasteiger partial charge in [0.15, 0.2) is 0 Å². The van der Waals surface area contributed by atoms with Gasteiger partial charge in [-0.05, 0) is 37.5 Å². The number of ether oxygens (including phenoxy) is 2. The minimum Gasteiger partial charge on any atom is -0.465 e. The molecule has 0 aliphatic heterocycles. The second-order valence-corrected chi connectivity index (χ2v) is 5.82. The Morgan fingerprint density at radius 1 is 0.958 bits per heavy atom. The number of hydrogen-bond donors (Lipinski definition) is 1. The van der Waals surface area contributed by atoms with Gasteiger partial charge in [0.2, 0.25) is 0 Å². The van der Waals surface area contributed by atoms with Crippen LogP contribution < -0.4 is 5.73 Å². The van der Waals surface area contributed by atoms with E-state index >= 15 is 0 Å². The van der Waals surface area contributed by atoms with E-state index in [1.54, 1.807) is 19.1 Å². The quantitative estimate of drug-likeness (QED) is 0.290. The largest absolute Gasteiger partial charge is 0.465 e. The van der Waals surface area contributed by atoms with Crippen molar-refractivity contribution in [2.75, 3.05) is 18.9 Å². The van der Waals surface area contributed by atoms with Crippen LogP contribution in [0.4, 0.5) is 5.69 Å². The third kappa shape index (κ3) is 8.98. The molecule has 1 aromatic carbocycles. The summed E-state index contributed by atoms with van der Waals surface area (Å²) in [6.45, 7) is 6.04. The molecule has 24 heavy (non-hydrogen) atoms. The first-order valence-corrected chi connectivity index (χ1v) is 8.31. The van der Waals surface area contributed by atoms with Crippen molar-refractivity contribution in [2.45, 2.75) is 45.4 Å². The summed E-state index contributed by atoms with van der Waals surface area (Å²) in [4.78, 5) is 22.8. The second kappa shape index (κ2) is 11.3. The third-order valence-electron chi connectivity index (χ3n) is 3.46. The maximum Gasteiger partial charge on any atom is 0.333 e. The summed E-state index contributed by atoms with van der Waals surface area (Å²) < 4.78 is 10.2. The van der Waals surface area contributed by atoms with E-state index in [-0.39, 0.29) is 18.4 Å². The Morgan fingerprint density at radius 3 is 2.08 bits per heavy atom. The Kier molecular flexibility index (Phi) is 9.27. The van der Waals surface area contributed by atoms with Crippen LogP contribution in [0.25, 0.3) is 0 Å². The second-order valence-electron chi connectivity index (χ2n) is 5.82. The van der Waals surface area contributed by atoms with Gasteiger partial charge in [-0.15, -0.1) is 0 Å². The van der Waals surface area contributed by atoms with E-state index in [0.717, 1.165) is 37.7 Å². The first-order valence-electron chi connectivity index (χ1n) is 8.31. The van der Waals surface area contributed by atoms with Crippen LogP contribution >= 0.6 is 0 Å². The zero-order valence-corrected chi connectivity index (χ0v) is 14.4. The zero-order valence-electron chi connectivity index (χ0n) is 14.4. The number of benzene rings is 1. The molecular weight excluding hydrogens is 306 g/mol. The minimum atomic E-state index is -0.331. The number of rotatable bonds is 11. The Balaban J connectivity index is 1.96. The summed E-state index contributed by atoms with van der Waals surface area (Å²) in [5.74, 6) is -0.547. The number of hydrogen-bond acceptors (Lipinski definition) is 5. The Morgan fingerprint density at radius 2 is 1.50 bits per heavy atom. The van der Waals surface area contributed by atoms with Crippen LogP contribution in [-0.2, 0) is 25.5 Å². The number of esters is 2. The van der Waals surface area contributed by atoms with Crippen molar-refractivity contribution in [1.82, 2.24) is 0 Å². The highest BCUT2D eigenvalue weighted by Gasteiger charge is 2.05. The van der Waals surface area contributed by atoms with E-state index in [4.69, 9.17) is 15.2 Å². The highest BCUT2D eigenvalue weighted by atomic mass is 16.5. The Labute approximate surface area is 143 Å². The predicted molar refractivity (Wildman–Crippen MR) is 94.4 cm³/mol. The third-order valence-corrected chi connectivity index (χ3v) is 3.46. The van der Waals surface area contributed by atoms with Crippen molar-refractivity contribution >= 4 is 17.6 Å². The lowest BCUT2D eigenvalue weighted by molar-refractivity contribution is -0.143. The number of carbonyl (C=O) groups is 2. The molecule has 132 valence electrons. The van der Waals surface area contributed by atoms with Gasteiger partial charge in [0.1, 0.15) is 0 Å². The van der Waals surface area contributed by atoms with Crippen molar-refractivity contribution in [1.29, 1.82) is 0 Å². The van der Waals surface area contributed by atoms with Gasteiger partial charge in [-0.1, -0.05) is 38.0 Å². The fourth-order valence-corrected chi connectivity index (χ4v) is 2.06. The molecule has 0 amide bonds. The number of unbranched alkanes of at least 4 members (excludes halogenated alkanes) is 4. The summed E-state index contributed by atoms with van der Waals surface area (Å²) in [7, 11) is 0. The van der Waals surface area contributed by atoms with Gasteiger partial charge < -0.3 is 15.2 Å². The van der Waals surface area contributed by atoms with Crippen LogP contribution in [-0.4, -0.2) is 25.2 Å². The molecule has 1 aromatic rings. The summed E-state index contributed by atoms with van der Waals surface area (Å²) in [5.41, 5.74) is 7.61. The van der Waals surface area contributed by atoms with Crippen molar-refractivity contribution in [2.24, 2.45) is 0 Å². The topological polar surface area (TPSA) is 78.6 Å².